The zero-order valence-electron chi connectivity index (χ0n) is 5.83. The highest BCUT2D eigenvalue weighted by Crippen LogP contribution is 2.27. The quantitative estimate of drug-likeness (QED) is 0.650. The standard InChI is InChI=1S/C7H4F2NS2/c8-12(9)7-10-5-3-1-2-4-6(5)11-7/h1-4H/q+1. The van der Waals surface area contributed by atoms with Crippen LogP contribution in [0.25, 0.3) is 10.2 Å². The normalized spacial score (nSPS) is 11.2. The molecular weight excluding hydrogens is 200 g/mol. The molecule has 0 aliphatic carbocycles. The molecule has 1 aromatic carbocycles. The maximum atomic E-state index is 12.2. The lowest BCUT2D eigenvalue weighted by Crippen LogP contribution is -1.81. The Balaban J connectivity index is 2.62. The molecule has 0 spiro atoms. The average Bonchev–Trinajstić information content (AvgIpc) is 2.46. The summed E-state index contributed by atoms with van der Waals surface area (Å²) >= 11 is -1.65. The second-order valence-corrected chi connectivity index (χ2v) is 4.26. The van der Waals surface area contributed by atoms with Crippen LogP contribution in [0, 0.1) is 0 Å². The first-order chi connectivity index (χ1) is 5.77. The van der Waals surface area contributed by atoms with E-state index in [0.717, 1.165) is 16.0 Å². The summed E-state index contributed by atoms with van der Waals surface area (Å²) in [7, 11) is 0. The number of para-hydroxylation sites is 1. The molecule has 5 heteroatoms. The Morgan fingerprint density at radius 1 is 1.25 bits per heavy atom. The Morgan fingerprint density at radius 2 is 2.00 bits per heavy atom. The molecule has 0 N–H and O–H groups in total. The molecule has 0 saturated carbocycles. The van der Waals surface area contributed by atoms with Crippen LogP contribution < -0.4 is 0 Å². The third kappa shape index (κ3) is 1.30. The first-order valence-corrected chi connectivity index (χ1v) is 5.04. The molecule has 0 aliphatic heterocycles. The summed E-state index contributed by atoms with van der Waals surface area (Å²) in [4.78, 5) is 3.79. The van der Waals surface area contributed by atoms with Crippen molar-refractivity contribution < 1.29 is 7.77 Å². The SMILES string of the molecule is F[S+](F)c1nc2ccccc2s1. The Labute approximate surface area is 75.0 Å². The summed E-state index contributed by atoms with van der Waals surface area (Å²) in [5, 5.41) is 0. The number of hydrogen-bond donors (Lipinski definition) is 0. The van der Waals surface area contributed by atoms with Crippen molar-refractivity contribution in [2.24, 2.45) is 0 Å². The van der Waals surface area contributed by atoms with Gasteiger partial charge >= 0.3 is 16.0 Å². The van der Waals surface area contributed by atoms with Gasteiger partial charge in [-0.25, -0.2) is 0 Å². The topological polar surface area (TPSA) is 12.9 Å². The van der Waals surface area contributed by atoms with Gasteiger partial charge < -0.3 is 0 Å². The minimum Gasteiger partial charge on any atom is -0.185 e. The van der Waals surface area contributed by atoms with E-state index >= 15 is 0 Å². The van der Waals surface area contributed by atoms with Crippen molar-refractivity contribution in [2.45, 2.75) is 4.34 Å². The van der Waals surface area contributed by atoms with Gasteiger partial charge in [-0.3, -0.25) is 0 Å². The van der Waals surface area contributed by atoms with Crippen molar-refractivity contribution in [1.29, 1.82) is 0 Å². The highest BCUT2D eigenvalue weighted by molar-refractivity contribution is 7.89. The molecule has 0 amide bonds. The fraction of sp³-hybridized carbons (Fsp3) is 0. The van der Waals surface area contributed by atoms with Crippen LogP contribution in [0.15, 0.2) is 28.6 Å². The van der Waals surface area contributed by atoms with Crippen molar-refractivity contribution in [3.63, 3.8) is 0 Å². The Kier molecular flexibility index (Phi) is 1.98. The molecule has 0 atom stereocenters. The molecule has 1 heterocycles. The number of benzene rings is 1. The first kappa shape index (κ1) is 7.94. The molecular formula is C7H4F2NS2+. The minimum atomic E-state index is -2.70. The van der Waals surface area contributed by atoms with Gasteiger partial charge in [0.05, 0.1) is 18.0 Å². The first-order valence-electron chi connectivity index (χ1n) is 3.20. The molecule has 0 aliphatic rings. The summed E-state index contributed by atoms with van der Waals surface area (Å²) in [5.74, 6) is 0. The van der Waals surface area contributed by atoms with Crippen LogP contribution >= 0.6 is 11.3 Å². The van der Waals surface area contributed by atoms with Crippen LogP contribution in [0.4, 0.5) is 7.77 Å². The largest absolute Gasteiger partial charge is 0.494 e. The van der Waals surface area contributed by atoms with E-state index in [2.05, 4.69) is 4.98 Å². The molecule has 62 valence electrons. The van der Waals surface area contributed by atoms with Gasteiger partial charge in [-0.05, 0) is 12.1 Å². The molecule has 2 rings (SSSR count). The van der Waals surface area contributed by atoms with Crippen LogP contribution in [0.5, 0.6) is 0 Å². The molecule has 0 fully saturated rings. The summed E-state index contributed by atoms with van der Waals surface area (Å²) in [6.45, 7) is 0. The monoisotopic (exact) mass is 204 g/mol. The van der Waals surface area contributed by atoms with Gasteiger partial charge in [0.15, 0.2) is 0 Å². The fourth-order valence-electron chi connectivity index (χ4n) is 0.917. The van der Waals surface area contributed by atoms with Gasteiger partial charge in [0, 0.05) is 0 Å². The molecule has 0 unspecified atom stereocenters. The number of aromatic nitrogens is 1. The molecule has 1 aromatic heterocycles. The molecule has 12 heavy (non-hydrogen) atoms. The van der Waals surface area contributed by atoms with E-state index in [9.17, 15) is 7.77 Å². The van der Waals surface area contributed by atoms with E-state index in [4.69, 9.17) is 0 Å². The Hall–Kier alpha value is -0.680. The van der Waals surface area contributed by atoms with Gasteiger partial charge in [-0.15, -0.1) is 0 Å². The number of hydrogen-bond acceptors (Lipinski definition) is 2. The van der Waals surface area contributed by atoms with Crippen LogP contribution in [-0.2, 0) is 11.7 Å². The summed E-state index contributed by atoms with van der Waals surface area (Å²) in [6.07, 6.45) is 0. The summed E-state index contributed by atoms with van der Waals surface area (Å²) in [6, 6.07) is 7.14. The van der Waals surface area contributed by atoms with Crippen molar-refractivity contribution in [2.75, 3.05) is 0 Å². The van der Waals surface area contributed by atoms with Gasteiger partial charge in [0.2, 0.25) is 0 Å². The third-order valence-corrected chi connectivity index (χ3v) is 3.22. The number of rotatable bonds is 1. The number of halogens is 2. The highest BCUT2D eigenvalue weighted by atomic mass is 32.3. The fourth-order valence-corrected chi connectivity index (χ4v) is 2.30. The molecule has 0 saturated heterocycles. The second-order valence-electron chi connectivity index (χ2n) is 2.16. The molecule has 0 radical (unpaired) electrons. The Bertz CT molecular complexity index is 366. The molecule has 1 nitrogen and oxygen atoms in total. The zero-order chi connectivity index (χ0) is 8.55. The van der Waals surface area contributed by atoms with Gasteiger partial charge in [0.25, 0.3) is 0 Å². The van der Waals surface area contributed by atoms with Crippen LogP contribution in [0.3, 0.4) is 0 Å². The zero-order valence-corrected chi connectivity index (χ0v) is 7.46. The Morgan fingerprint density at radius 3 is 2.67 bits per heavy atom. The lowest BCUT2D eigenvalue weighted by Gasteiger charge is -1.79. The molecule has 0 bridgehead atoms. The predicted octanol–water partition coefficient (Wildman–Crippen LogP) is 3.04. The van der Waals surface area contributed by atoms with Crippen molar-refractivity contribution in [3.8, 4) is 0 Å². The lowest BCUT2D eigenvalue weighted by molar-refractivity contribution is 0.765. The van der Waals surface area contributed by atoms with E-state index in [1.54, 1.807) is 18.2 Å². The number of fused-ring (bicyclic) bond motifs is 1. The van der Waals surface area contributed by atoms with Crippen LogP contribution in [-0.4, -0.2) is 4.98 Å². The van der Waals surface area contributed by atoms with E-state index < -0.39 is 11.7 Å². The summed E-state index contributed by atoms with van der Waals surface area (Å²) < 4.78 is 25.1. The van der Waals surface area contributed by atoms with Gasteiger partial charge in [-0.1, -0.05) is 23.5 Å². The van der Waals surface area contributed by atoms with Crippen molar-refractivity contribution in [1.82, 2.24) is 4.98 Å². The maximum Gasteiger partial charge on any atom is 0.494 e. The second kappa shape index (κ2) is 2.99. The minimum absolute atomic E-state index is 0.0730. The van der Waals surface area contributed by atoms with Crippen molar-refractivity contribution >= 4 is 33.2 Å². The predicted molar refractivity (Wildman–Crippen MR) is 47.5 cm³/mol. The van der Waals surface area contributed by atoms with E-state index in [-0.39, 0.29) is 4.34 Å². The van der Waals surface area contributed by atoms with Crippen molar-refractivity contribution in [3.05, 3.63) is 24.3 Å². The molecule has 2 aromatic rings. The van der Waals surface area contributed by atoms with E-state index in [1.165, 1.54) is 0 Å². The highest BCUT2D eigenvalue weighted by Gasteiger charge is 2.29. The third-order valence-electron chi connectivity index (χ3n) is 1.41. The van der Waals surface area contributed by atoms with E-state index in [1.807, 2.05) is 6.07 Å². The summed E-state index contributed by atoms with van der Waals surface area (Å²) in [5.41, 5.74) is 0.658. The maximum absolute atomic E-state index is 12.2. The van der Waals surface area contributed by atoms with E-state index in [0.29, 0.717) is 5.52 Å². The smallest absolute Gasteiger partial charge is 0.185 e. The van der Waals surface area contributed by atoms with Crippen LogP contribution in [0.1, 0.15) is 0 Å². The number of nitrogens with zero attached hydrogens (tertiary/aromatic N) is 1. The van der Waals surface area contributed by atoms with Gasteiger partial charge in [0.1, 0.15) is 0 Å². The number of thiazole rings is 1. The average molecular weight is 204 g/mol. The van der Waals surface area contributed by atoms with Gasteiger partial charge in [-0.2, -0.15) is 4.98 Å². The van der Waals surface area contributed by atoms with Crippen LogP contribution in [0.2, 0.25) is 0 Å². The lowest BCUT2D eigenvalue weighted by atomic mass is 10.3.